The zero-order chi connectivity index (χ0) is 13.7. The average Bonchev–Trinajstić information content (AvgIpc) is 2.25. The van der Waals surface area contributed by atoms with E-state index in [2.05, 4.69) is 4.98 Å². The molecule has 0 aliphatic carbocycles. The molecule has 18 heavy (non-hydrogen) atoms. The standard InChI is InChI=1S/C9H5F4N3O2/c1-16-2-3-5(17)4(10)6(9(11,12)13)14-7(3)15-8(16)18/h2H,1H3,(H,14,15,18). The maximum absolute atomic E-state index is 13.3. The quantitative estimate of drug-likeness (QED) is 0.714. The van der Waals surface area contributed by atoms with Gasteiger partial charge in [0.25, 0.3) is 0 Å². The van der Waals surface area contributed by atoms with E-state index < -0.39 is 39.8 Å². The zero-order valence-corrected chi connectivity index (χ0v) is 8.80. The summed E-state index contributed by atoms with van der Waals surface area (Å²) in [5.74, 6) is -1.95. The molecule has 0 saturated heterocycles. The topological polar surface area (TPSA) is 67.8 Å². The van der Waals surface area contributed by atoms with E-state index in [0.29, 0.717) is 0 Å². The van der Waals surface area contributed by atoms with Gasteiger partial charge in [-0.05, 0) is 0 Å². The van der Waals surface area contributed by atoms with Crippen molar-refractivity contribution in [2.24, 2.45) is 7.05 Å². The van der Waals surface area contributed by atoms with Crippen molar-refractivity contribution in [3.63, 3.8) is 0 Å². The van der Waals surface area contributed by atoms with Gasteiger partial charge in [0.05, 0.1) is 5.39 Å². The van der Waals surface area contributed by atoms with Gasteiger partial charge < -0.3 is 9.55 Å². The Kier molecular flexibility index (Phi) is 2.49. The number of H-pyrrole nitrogens is 1. The molecule has 0 amide bonds. The van der Waals surface area contributed by atoms with E-state index in [0.717, 1.165) is 10.8 Å². The number of halogens is 4. The summed E-state index contributed by atoms with van der Waals surface area (Å²) in [4.78, 5) is 27.4. The van der Waals surface area contributed by atoms with Gasteiger partial charge in [0.15, 0.2) is 11.5 Å². The van der Waals surface area contributed by atoms with Crippen LogP contribution in [0.1, 0.15) is 5.69 Å². The third-order valence-electron chi connectivity index (χ3n) is 2.28. The molecule has 0 unspecified atom stereocenters. The van der Waals surface area contributed by atoms with Crippen LogP contribution in [-0.4, -0.2) is 14.5 Å². The van der Waals surface area contributed by atoms with E-state index in [-0.39, 0.29) is 0 Å². The average molecular weight is 263 g/mol. The molecule has 0 fully saturated rings. The fraction of sp³-hybridized carbons (Fsp3) is 0.222. The summed E-state index contributed by atoms with van der Waals surface area (Å²) in [5, 5.41) is -0.428. The SMILES string of the molecule is Cn1cc2c(=O)c(F)c(C(F)(F)F)[nH]c2nc1=O. The lowest BCUT2D eigenvalue weighted by atomic mass is 10.2. The maximum atomic E-state index is 13.3. The van der Waals surface area contributed by atoms with E-state index in [1.54, 1.807) is 4.98 Å². The summed E-state index contributed by atoms with van der Waals surface area (Å²) < 4.78 is 51.4. The van der Waals surface area contributed by atoms with Crippen molar-refractivity contribution < 1.29 is 17.6 Å². The summed E-state index contributed by atoms with van der Waals surface area (Å²) in [6.07, 6.45) is -4.15. The van der Waals surface area contributed by atoms with Gasteiger partial charge in [-0.2, -0.15) is 18.2 Å². The second kappa shape index (κ2) is 3.65. The molecule has 0 atom stereocenters. The third-order valence-corrected chi connectivity index (χ3v) is 2.28. The number of pyridine rings is 1. The van der Waals surface area contributed by atoms with E-state index in [1.165, 1.54) is 7.05 Å². The highest BCUT2D eigenvalue weighted by molar-refractivity contribution is 5.73. The van der Waals surface area contributed by atoms with Gasteiger partial charge in [0.1, 0.15) is 5.65 Å². The van der Waals surface area contributed by atoms with Gasteiger partial charge in [0, 0.05) is 13.2 Å². The molecule has 0 saturated carbocycles. The number of aromatic amines is 1. The lowest BCUT2D eigenvalue weighted by Gasteiger charge is -2.09. The van der Waals surface area contributed by atoms with Crippen molar-refractivity contribution in [1.82, 2.24) is 14.5 Å². The molecule has 0 radical (unpaired) electrons. The van der Waals surface area contributed by atoms with E-state index in [9.17, 15) is 27.2 Å². The Morgan fingerprint density at radius 1 is 1.33 bits per heavy atom. The molecule has 0 aromatic carbocycles. The van der Waals surface area contributed by atoms with Gasteiger partial charge in [0.2, 0.25) is 5.43 Å². The van der Waals surface area contributed by atoms with Crippen LogP contribution in [0.5, 0.6) is 0 Å². The predicted molar refractivity (Wildman–Crippen MR) is 52.6 cm³/mol. The number of aromatic nitrogens is 3. The van der Waals surface area contributed by atoms with Crippen LogP contribution in [0.3, 0.4) is 0 Å². The van der Waals surface area contributed by atoms with Crippen LogP contribution in [0.25, 0.3) is 11.0 Å². The second-order valence-electron chi connectivity index (χ2n) is 3.54. The zero-order valence-electron chi connectivity index (χ0n) is 8.80. The third kappa shape index (κ3) is 1.77. The highest BCUT2D eigenvalue weighted by Crippen LogP contribution is 2.29. The van der Waals surface area contributed by atoms with Crippen LogP contribution in [-0.2, 0) is 13.2 Å². The predicted octanol–water partition coefficient (Wildman–Crippen LogP) is 0.780. The molecule has 0 spiro atoms. The van der Waals surface area contributed by atoms with Crippen LogP contribution in [0.15, 0.2) is 15.8 Å². The van der Waals surface area contributed by atoms with Crippen LogP contribution < -0.4 is 11.1 Å². The Hall–Kier alpha value is -2.19. The summed E-state index contributed by atoms with van der Waals surface area (Å²) in [6, 6.07) is 0. The first-order chi connectivity index (χ1) is 8.21. The number of hydrogen-bond acceptors (Lipinski definition) is 3. The molecule has 5 nitrogen and oxygen atoms in total. The number of rotatable bonds is 0. The Balaban J connectivity index is 2.98. The Morgan fingerprint density at radius 3 is 2.50 bits per heavy atom. The van der Waals surface area contributed by atoms with Crippen molar-refractivity contribution in [1.29, 1.82) is 0 Å². The molecule has 0 bridgehead atoms. The van der Waals surface area contributed by atoms with Crippen molar-refractivity contribution in [2.75, 3.05) is 0 Å². The molecule has 9 heteroatoms. The van der Waals surface area contributed by atoms with E-state index in [1.807, 2.05) is 0 Å². The van der Waals surface area contributed by atoms with Crippen LogP contribution in [0.4, 0.5) is 17.6 Å². The number of hydrogen-bond donors (Lipinski definition) is 1. The molecule has 0 aliphatic heterocycles. The van der Waals surface area contributed by atoms with Gasteiger partial charge >= 0.3 is 11.9 Å². The molecule has 2 aromatic rings. The first kappa shape index (κ1) is 12.3. The molecule has 1 N–H and O–H groups in total. The van der Waals surface area contributed by atoms with Crippen molar-refractivity contribution >= 4 is 11.0 Å². The molecule has 96 valence electrons. The smallest absolute Gasteiger partial charge is 0.333 e. The molecular weight excluding hydrogens is 258 g/mol. The van der Waals surface area contributed by atoms with Crippen LogP contribution >= 0.6 is 0 Å². The lowest BCUT2D eigenvalue weighted by molar-refractivity contribution is -0.143. The van der Waals surface area contributed by atoms with Gasteiger partial charge in [-0.1, -0.05) is 0 Å². The first-order valence-corrected chi connectivity index (χ1v) is 4.58. The normalized spacial score (nSPS) is 12.1. The van der Waals surface area contributed by atoms with Crippen molar-refractivity contribution in [3.05, 3.63) is 38.4 Å². The fourth-order valence-electron chi connectivity index (χ4n) is 1.41. The monoisotopic (exact) mass is 263 g/mol. The van der Waals surface area contributed by atoms with E-state index >= 15 is 0 Å². The number of nitrogens with zero attached hydrogens (tertiary/aromatic N) is 2. The lowest BCUT2D eigenvalue weighted by Crippen LogP contribution is -2.25. The van der Waals surface area contributed by atoms with Crippen molar-refractivity contribution in [3.8, 4) is 0 Å². The number of fused-ring (bicyclic) bond motifs is 1. The summed E-state index contributed by atoms with van der Waals surface area (Å²) >= 11 is 0. The number of alkyl halides is 3. The fourth-order valence-corrected chi connectivity index (χ4v) is 1.41. The Bertz CT molecular complexity index is 744. The minimum atomic E-state index is -5.07. The summed E-state index contributed by atoms with van der Waals surface area (Å²) in [6.45, 7) is 0. The minimum absolute atomic E-state index is 0.428. The highest BCUT2D eigenvalue weighted by atomic mass is 19.4. The maximum Gasteiger partial charge on any atom is 0.434 e. The van der Waals surface area contributed by atoms with E-state index in [4.69, 9.17) is 0 Å². The van der Waals surface area contributed by atoms with Crippen LogP contribution in [0.2, 0.25) is 0 Å². The number of nitrogens with one attached hydrogen (secondary N) is 1. The number of aryl methyl sites for hydroxylation is 1. The Labute approximate surface area is 95.7 Å². The summed E-state index contributed by atoms with van der Waals surface area (Å²) in [7, 11) is 1.24. The molecule has 2 aromatic heterocycles. The van der Waals surface area contributed by atoms with Gasteiger partial charge in [-0.15, -0.1) is 0 Å². The largest absolute Gasteiger partial charge is 0.434 e. The Morgan fingerprint density at radius 2 is 1.94 bits per heavy atom. The van der Waals surface area contributed by atoms with Gasteiger partial charge in [-0.3, -0.25) is 4.79 Å². The molecular formula is C9H5F4N3O2. The van der Waals surface area contributed by atoms with Gasteiger partial charge in [-0.25, -0.2) is 9.18 Å². The minimum Gasteiger partial charge on any atom is -0.333 e. The van der Waals surface area contributed by atoms with Crippen LogP contribution in [0, 0.1) is 5.82 Å². The molecule has 2 rings (SSSR count). The molecule has 2 heterocycles. The second-order valence-corrected chi connectivity index (χ2v) is 3.54. The van der Waals surface area contributed by atoms with Crippen molar-refractivity contribution in [2.45, 2.75) is 6.18 Å². The molecule has 0 aliphatic rings. The first-order valence-electron chi connectivity index (χ1n) is 4.58. The highest BCUT2D eigenvalue weighted by Gasteiger charge is 2.37. The summed E-state index contributed by atoms with van der Waals surface area (Å²) in [5.41, 5.74) is -4.77.